The monoisotopic (exact) mass is 441 g/mol. The average Bonchev–Trinajstić information content (AvgIpc) is 2.93. The van der Waals surface area contributed by atoms with Gasteiger partial charge in [0.2, 0.25) is 5.91 Å². The van der Waals surface area contributed by atoms with Crippen molar-refractivity contribution in [2.45, 2.75) is 57.7 Å². The van der Waals surface area contributed by atoms with Gasteiger partial charge in [-0.25, -0.2) is 4.79 Å². The van der Waals surface area contributed by atoms with Crippen LogP contribution in [0.5, 0.6) is 5.75 Å². The summed E-state index contributed by atoms with van der Waals surface area (Å²) in [6.07, 6.45) is -0.941. The van der Waals surface area contributed by atoms with Crippen LogP contribution < -0.4 is 15.4 Å². The Balaban J connectivity index is 1.77. The van der Waals surface area contributed by atoms with E-state index < -0.39 is 41.7 Å². The van der Waals surface area contributed by atoms with Crippen LogP contribution in [0.2, 0.25) is 0 Å². The minimum Gasteiger partial charge on any atom is -0.491 e. The van der Waals surface area contributed by atoms with E-state index in [0.29, 0.717) is 12.8 Å². The highest BCUT2D eigenvalue weighted by Crippen LogP contribution is 2.38. The molecule has 0 aromatic heterocycles. The van der Waals surface area contributed by atoms with E-state index in [0.717, 1.165) is 42.4 Å². The van der Waals surface area contributed by atoms with E-state index in [9.17, 15) is 27.6 Å². The van der Waals surface area contributed by atoms with Gasteiger partial charge < -0.3 is 15.4 Å². The highest BCUT2D eigenvalue weighted by atomic mass is 19.4. The Morgan fingerprint density at radius 3 is 2.71 bits per heavy atom. The number of imide groups is 1. The molecule has 1 aromatic carbocycles. The summed E-state index contributed by atoms with van der Waals surface area (Å²) in [4.78, 5) is 38.8. The second-order valence-corrected chi connectivity index (χ2v) is 8.04. The van der Waals surface area contributed by atoms with Crippen molar-refractivity contribution in [3.8, 4) is 5.75 Å². The number of carbonyl (C=O) groups excluding carboxylic acids is 3. The maximum Gasteiger partial charge on any atom is 0.416 e. The van der Waals surface area contributed by atoms with E-state index in [4.69, 9.17) is 4.74 Å². The standard InChI is InChI=1S/C21H26F3N3O4/c1-3-10-31-16-8-7-14(21(22,23)24)11-15(16)25-17(28)12-27-18(29)20(26-19(27)30)9-5-4-6-13(20)2/h7-8,11,13H,3-6,9-10,12H2,1-2H3,(H,25,28)(H,26,30)/t13-,20-/m0/s1. The van der Waals surface area contributed by atoms with Gasteiger partial charge in [-0.3, -0.25) is 14.5 Å². The van der Waals surface area contributed by atoms with Gasteiger partial charge in [-0.15, -0.1) is 0 Å². The topological polar surface area (TPSA) is 87.7 Å². The minimum absolute atomic E-state index is 0.0664. The third-order valence-electron chi connectivity index (χ3n) is 5.85. The van der Waals surface area contributed by atoms with Crippen LogP contribution in [0, 0.1) is 5.92 Å². The number of nitrogens with zero attached hydrogens (tertiary/aromatic N) is 1. The zero-order valence-electron chi connectivity index (χ0n) is 17.5. The number of anilines is 1. The van der Waals surface area contributed by atoms with E-state index in [1.807, 2.05) is 13.8 Å². The summed E-state index contributed by atoms with van der Waals surface area (Å²) in [7, 11) is 0. The highest BCUT2D eigenvalue weighted by Gasteiger charge is 2.55. The number of urea groups is 1. The molecule has 0 radical (unpaired) electrons. The van der Waals surface area contributed by atoms with Crippen molar-refractivity contribution in [2.75, 3.05) is 18.5 Å². The van der Waals surface area contributed by atoms with Gasteiger partial charge >= 0.3 is 12.2 Å². The van der Waals surface area contributed by atoms with E-state index in [-0.39, 0.29) is 24.0 Å². The fraction of sp³-hybridized carbons (Fsp3) is 0.571. The first kappa shape index (κ1) is 22.9. The van der Waals surface area contributed by atoms with Crippen molar-refractivity contribution in [1.29, 1.82) is 0 Å². The quantitative estimate of drug-likeness (QED) is 0.655. The molecule has 7 nitrogen and oxygen atoms in total. The molecule has 2 N–H and O–H groups in total. The molecule has 2 atom stereocenters. The summed E-state index contributed by atoms with van der Waals surface area (Å²) in [6, 6.07) is 2.12. The maximum absolute atomic E-state index is 13.1. The number of benzene rings is 1. The number of ether oxygens (including phenoxy) is 1. The lowest BCUT2D eigenvalue weighted by Gasteiger charge is -2.36. The van der Waals surface area contributed by atoms with E-state index >= 15 is 0 Å². The number of carbonyl (C=O) groups is 3. The molecular formula is C21H26F3N3O4. The number of hydrogen-bond acceptors (Lipinski definition) is 4. The van der Waals surface area contributed by atoms with Crippen molar-refractivity contribution in [1.82, 2.24) is 10.2 Å². The summed E-state index contributed by atoms with van der Waals surface area (Å²) in [5.74, 6) is -1.24. The molecule has 170 valence electrons. The Morgan fingerprint density at radius 1 is 1.32 bits per heavy atom. The van der Waals surface area contributed by atoms with Crippen LogP contribution in [-0.4, -0.2) is 41.4 Å². The molecule has 3 rings (SSSR count). The molecule has 2 fully saturated rings. The molecule has 1 heterocycles. The summed E-state index contributed by atoms with van der Waals surface area (Å²) < 4.78 is 44.7. The number of halogens is 3. The molecule has 10 heteroatoms. The summed E-state index contributed by atoms with van der Waals surface area (Å²) >= 11 is 0. The normalized spacial score (nSPS) is 23.8. The minimum atomic E-state index is -4.60. The molecule has 1 spiro atoms. The van der Waals surface area contributed by atoms with E-state index in [1.165, 1.54) is 0 Å². The molecule has 4 amide bonds. The van der Waals surface area contributed by atoms with Crippen LogP contribution >= 0.6 is 0 Å². The number of nitrogens with one attached hydrogen (secondary N) is 2. The van der Waals surface area contributed by atoms with Crippen LogP contribution in [0.3, 0.4) is 0 Å². The Hall–Kier alpha value is -2.78. The van der Waals surface area contributed by atoms with Gasteiger partial charge in [-0.2, -0.15) is 13.2 Å². The number of alkyl halides is 3. The van der Waals surface area contributed by atoms with Crippen LogP contribution in [0.1, 0.15) is 51.5 Å². The molecule has 1 saturated heterocycles. The van der Waals surface area contributed by atoms with E-state index in [2.05, 4.69) is 10.6 Å². The lowest BCUT2D eigenvalue weighted by atomic mass is 9.73. The molecule has 1 saturated carbocycles. The van der Waals surface area contributed by atoms with Gasteiger partial charge in [0, 0.05) is 0 Å². The third kappa shape index (κ3) is 4.62. The Kier molecular flexibility index (Phi) is 6.47. The number of hydrogen-bond donors (Lipinski definition) is 2. The van der Waals surface area contributed by atoms with Gasteiger partial charge in [0.25, 0.3) is 5.91 Å². The smallest absolute Gasteiger partial charge is 0.416 e. The molecule has 1 aromatic rings. The Labute approximate surface area is 178 Å². The van der Waals surface area contributed by atoms with Crippen LogP contribution in [0.25, 0.3) is 0 Å². The Bertz CT molecular complexity index is 874. The lowest BCUT2D eigenvalue weighted by molar-refractivity contribution is -0.137. The zero-order chi connectivity index (χ0) is 22.8. The molecule has 0 unspecified atom stereocenters. The zero-order valence-corrected chi connectivity index (χ0v) is 17.5. The fourth-order valence-electron chi connectivity index (χ4n) is 4.11. The van der Waals surface area contributed by atoms with Crippen molar-refractivity contribution < 1.29 is 32.3 Å². The molecular weight excluding hydrogens is 415 g/mol. The summed E-state index contributed by atoms with van der Waals surface area (Å²) in [5, 5.41) is 5.11. The van der Waals surface area contributed by atoms with Crippen molar-refractivity contribution in [3.05, 3.63) is 23.8 Å². The SMILES string of the molecule is CCCOc1ccc(C(F)(F)F)cc1NC(=O)CN1C(=O)N[C@]2(CCCC[C@@H]2C)C1=O. The van der Waals surface area contributed by atoms with Crippen LogP contribution in [-0.2, 0) is 15.8 Å². The van der Waals surface area contributed by atoms with Crippen LogP contribution in [0.4, 0.5) is 23.7 Å². The molecule has 1 aliphatic heterocycles. The predicted molar refractivity (Wildman–Crippen MR) is 106 cm³/mol. The number of amides is 4. The maximum atomic E-state index is 13.1. The highest BCUT2D eigenvalue weighted by molar-refractivity contribution is 6.10. The lowest BCUT2D eigenvalue weighted by Crippen LogP contribution is -2.54. The van der Waals surface area contributed by atoms with Gasteiger partial charge in [0.15, 0.2) is 0 Å². The Morgan fingerprint density at radius 2 is 2.06 bits per heavy atom. The third-order valence-corrected chi connectivity index (χ3v) is 5.85. The van der Waals surface area contributed by atoms with Crippen molar-refractivity contribution in [2.24, 2.45) is 5.92 Å². The van der Waals surface area contributed by atoms with Crippen LogP contribution in [0.15, 0.2) is 18.2 Å². The average molecular weight is 441 g/mol. The molecule has 2 aliphatic rings. The number of rotatable bonds is 6. The van der Waals surface area contributed by atoms with Gasteiger partial charge in [-0.05, 0) is 43.4 Å². The predicted octanol–water partition coefficient (Wildman–Crippen LogP) is 3.93. The summed E-state index contributed by atoms with van der Waals surface area (Å²) in [6.45, 7) is 3.38. The second kappa shape index (κ2) is 8.76. The first-order valence-corrected chi connectivity index (χ1v) is 10.4. The fourth-order valence-corrected chi connectivity index (χ4v) is 4.11. The molecule has 31 heavy (non-hydrogen) atoms. The van der Waals surface area contributed by atoms with Gasteiger partial charge in [0.1, 0.15) is 17.8 Å². The second-order valence-electron chi connectivity index (χ2n) is 8.04. The first-order valence-electron chi connectivity index (χ1n) is 10.4. The summed E-state index contributed by atoms with van der Waals surface area (Å²) in [5.41, 5.74) is -2.13. The van der Waals surface area contributed by atoms with Gasteiger partial charge in [0.05, 0.1) is 17.9 Å². The van der Waals surface area contributed by atoms with Gasteiger partial charge in [-0.1, -0.05) is 26.7 Å². The van der Waals surface area contributed by atoms with Crippen molar-refractivity contribution in [3.63, 3.8) is 0 Å². The molecule has 0 bridgehead atoms. The van der Waals surface area contributed by atoms with Crippen molar-refractivity contribution >= 4 is 23.5 Å². The van der Waals surface area contributed by atoms with E-state index in [1.54, 1.807) is 0 Å². The first-order chi connectivity index (χ1) is 14.6. The molecule has 1 aliphatic carbocycles. The largest absolute Gasteiger partial charge is 0.491 e.